The van der Waals surface area contributed by atoms with E-state index in [2.05, 4.69) is 27.2 Å². The van der Waals surface area contributed by atoms with Crippen molar-refractivity contribution < 1.29 is 38.5 Å². The van der Waals surface area contributed by atoms with Crippen molar-refractivity contribution in [2.75, 3.05) is 45.2 Å². The third kappa shape index (κ3) is 12.8. The molecule has 4 atom stereocenters. The zero-order valence-electron chi connectivity index (χ0n) is 27.0. The van der Waals surface area contributed by atoms with Gasteiger partial charge in [-0.2, -0.15) is 0 Å². The van der Waals surface area contributed by atoms with Crippen LogP contribution in [0.5, 0.6) is 0 Å². The van der Waals surface area contributed by atoms with Gasteiger partial charge < -0.3 is 35.6 Å². The Balaban J connectivity index is 1.78. The molecular weight excluding hydrogens is 618 g/mol. The van der Waals surface area contributed by atoms with Gasteiger partial charge in [0.2, 0.25) is 11.8 Å². The number of anilines is 1. The summed E-state index contributed by atoms with van der Waals surface area (Å²) < 4.78 is 9.97. The number of carbonyl (C=O) groups excluding carboxylic acids is 4. The summed E-state index contributed by atoms with van der Waals surface area (Å²) in [4.78, 5) is 73.2. The largest absolute Gasteiger partial charge is 0.464 e. The molecule has 17 heteroatoms. The van der Waals surface area contributed by atoms with E-state index in [1.807, 2.05) is 25.8 Å². The van der Waals surface area contributed by atoms with Crippen LogP contribution in [0.3, 0.4) is 0 Å². The molecule has 1 aromatic carbocycles. The highest BCUT2D eigenvalue weighted by Gasteiger charge is 2.52. The minimum atomic E-state index is -1.05. The summed E-state index contributed by atoms with van der Waals surface area (Å²) in [7, 11) is 1.88. The summed E-state index contributed by atoms with van der Waals surface area (Å²) in [5, 5.41) is 33.1. The fraction of sp³-hybridized carbons (Fsp3) is 0.600. The molecule has 0 aliphatic carbocycles. The zero-order valence-corrected chi connectivity index (χ0v) is 27.0. The first kappa shape index (κ1) is 38.4. The third-order valence-corrected chi connectivity index (χ3v) is 7.00. The number of non-ortho nitro benzene ring substituents is 1. The number of rotatable bonds is 21. The molecule has 47 heavy (non-hydrogen) atoms. The van der Waals surface area contributed by atoms with Crippen LogP contribution in [0.1, 0.15) is 46.5 Å². The average Bonchev–Trinajstić information content (AvgIpc) is 3.82. The van der Waals surface area contributed by atoms with Gasteiger partial charge in [0.15, 0.2) is 12.2 Å². The Morgan fingerprint density at radius 1 is 1.02 bits per heavy atom. The van der Waals surface area contributed by atoms with Crippen molar-refractivity contribution in [3.63, 3.8) is 0 Å². The second-order valence-corrected chi connectivity index (χ2v) is 11.3. The van der Waals surface area contributed by atoms with E-state index >= 15 is 0 Å². The first-order chi connectivity index (χ1) is 22.3. The number of terminal acetylenes is 1. The van der Waals surface area contributed by atoms with E-state index in [9.17, 15) is 39.4 Å². The normalized spacial score (nSPS) is 16.4. The van der Waals surface area contributed by atoms with Crippen molar-refractivity contribution in [2.24, 2.45) is 5.92 Å². The van der Waals surface area contributed by atoms with Gasteiger partial charge in [0.1, 0.15) is 17.8 Å². The molecule has 17 nitrogen and oxygen atoms in total. The van der Waals surface area contributed by atoms with E-state index in [0.717, 1.165) is 6.07 Å². The van der Waals surface area contributed by atoms with E-state index in [1.54, 1.807) is 6.92 Å². The Morgan fingerprint density at radius 2 is 1.70 bits per heavy atom. The van der Waals surface area contributed by atoms with Crippen molar-refractivity contribution >= 4 is 40.8 Å². The molecule has 0 spiro atoms. The van der Waals surface area contributed by atoms with Crippen molar-refractivity contribution in [2.45, 2.75) is 70.7 Å². The molecule has 0 saturated carbocycles. The Morgan fingerprint density at radius 3 is 2.30 bits per heavy atom. The molecule has 1 saturated heterocycles. The molecular formula is C30H43N7O10. The number of ether oxygens (including phenoxy) is 2. The van der Waals surface area contributed by atoms with E-state index < -0.39 is 57.8 Å². The highest BCUT2D eigenvalue weighted by Crippen LogP contribution is 2.29. The van der Waals surface area contributed by atoms with Crippen LogP contribution in [-0.4, -0.2) is 103 Å². The predicted octanol–water partition coefficient (Wildman–Crippen LogP) is 1.11. The van der Waals surface area contributed by atoms with Crippen LogP contribution in [0.25, 0.3) is 0 Å². The molecule has 1 fully saturated rings. The standard InChI is InChI=1S/C30H43N7O10/c1-6-10-22(33-28(39)23(17-19(3)4)34-29(40)25-26(47-25)30(41)46-7-2)27(38)32-14-9-16-35(5)15-8-13-31-21-12-11-20(36(42)43)18-24(21)37(44)45/h1,11-12,18-19,22-23,25-26,31H,7-10,13-17H2,2-5H3,(H,32,38)(H,33,39)(H,34,40)/t22-,23-,25-,26-/m0/s1. The fourth-order valence-corrected chi connectivity index (χ4v) is 4.57. The Hall–Kier alpha value is -4.82. The van der Waals surface area contributed by atoms with E-state index in [4.69, 9.17) is 15.9 Å². The second-order valence-electron chi connectivity index (χ2n) is 11.3. The lowest BCUT2D eigenvalue weighted by atomic mass is 10.0. The predicted molar refractivity (Wildman–Crippen MR) is 170 cm³/mol. The quantitative estimate of drug-likeness (QED) is 0.0363. The molecule has 0 aromatic heterocycles. The number of hydrogen-bond donors (Lipinski definition) is 4. The van der Waals surface area contributed by atoms with Gasteiger partial charge in [0.05, 0.1) is 22.5 Å². The minimum absolute atomic E-state index is 0.0144. The number of benzene rings is 1. The lowest BCUT2D eigenvalue weighted by Crippen LogP contribution is -2.54. The van der Waals surface area contributed by atoms with E-state index in [1.165, 1.54) is 12.1 Å². The monoisotopic (exact) mass is 661 g/mol. The number of hydrogen-bond acceptors (Lipinski definition) is 12. The Labute approximate surface area is 272 Å². The van der Waals surface area contributed by atoms with Gasteiger partial charge in [-0.3, -0.25) is 34.6 Å². The van der Waals surface area contributed by atoms with Crippen LogP contribution in [0.2, 0.25) is 0 Å². The average molecular weight is 662 g/mol. The summed E-state index contributed by atoms with van der Waals surface area (Å²) in [6.45, 7) is 7.45. The maximum Gasteiger partial charge on any atom is 0.338 e. The molecule has 0 radical (unpaired) electrons. The highest BCUT2D eigenvalue weighted by molar-refractivity contribution is 5.96. The summed E-state index contributed by atoms with van der Waals surface area (Å²) in [6.07, 6.45) is 4.78. The summed E-state index contributed by atoms with van der Waals surface area (Å²) in [5.74, 6) is 0.0438. The SMILES string of the molecule is C#CC[C@H](NC(=O)[C@H](CC(C)C)NC(=O)[C@H]1O[C@@H]1C(=O)OCC)C(=O)NCCCN(C)CCCNc1ccc([N+](=O)[O-])cc1[N+](=O)[O-]. The van der Waals surface area contributed by atoms with Crippen LogP contribution < -0.4 is 21.3 Å². The van der Waals surface area contributed by atoms with Crippen LogP contribution in [0.15, 0.2) is 18.2 Å². The Bertz CT molecular complexity index is 1330. The maximum atomic E-state index is 13.1. The topological polar surface area (TPSA) is 228 Å². The van der Waals surface area contributed by atoms with Gasteiger partial charge in [0.25, 0.3) is 17.3 Å². The van der Waals surface area contributed by atoms with Crippen LogP contribution in [0, 0.1) is 38.5 Å². The number of nitro benzene ring substituents is 2. The number of epoxide rings is 1. The minimum Gasteiger partial charge on any atom is -0.464 e. The van der Waals surface area contributed by atoms with Gasteiger partial charge in [-0.05, 0) is 58.3 Å². The molecule has 1 aliphatic rings. The molecule has 1 aromatic rings. The summed E-state index contributed by atoms with van der Waals surface area (Å²) in [6, 6.07) is 1.40. The number of nitrogens with zero attached hydrogens (tertiary/aromatic N) is 3. The molecule has 3 amide bonds. The van der Waals surface area contributed by atoms with Gasteiger partial charge in [0, 0.05) is 25.6 Å². The number of nitrogens with one attached hydrogen (secondary N) is 4. The number of esters is 1. The van der Waals surface area contributed by atoms with Crippen LogP contribution in [0.4, 0.5) is 17.1 Å². The summed E-state index contributed by atoms with van der Waals surface area (Å²) in [5.41, 5.74) is -0.547. The van der Waals surface area contributed by atoms with E-state index in [-0.39, 0.29) is 42.4 Å². The van der Waals surface area contributed by atoms with Crippen molar-refractivity contribution in [3.05, 3.63) is 38.4 Å². The molecule has 1 aliphatic heterocycles. The van der Waals surface area contributed by atoms with Crippen LogP contribution in [-0.2, 0) is 28.7 Å². The Kier molecular flexibility index (Phi) is 15.5. The van der Waals surface area contributed by atoms with Crippen LogP contribution >= 0.6 is 0 Å². The lowest BCUT2D eigenvalue weighted by molar-refractivity contribution is -0.393. The fourth-order valence-electron chi connectivity index (χ4n) is 4.57. The lowest BCUT2D eigenvalue weighted by Gasteiger charge is -2.23. The van der Waals surface area contributed by atoms with Gasteiger partial charge in [-0.15, -0.1) is 12.3 Å². The molecule has 0 unspecified atom stereocenters. The number of nitro groups is 2. The zero-order chi connectivity index (χ0) is 35.1. The smallest absolute Gasteiger partial charge is 0.338 e. The van der Waals surface area contributed by atoms with E-state index in [0.29, 0.717) is 39.0 Å². The number of carbonyl (C=O) groups is 4. The second kappa shape index (κ2) is 19.0. The molecule has 4 N–H and O–H groups in total. The highest BCUT2D eigenvalue weighted by atomic mass is 16.6. The summed E-state index contributed by atoms with van der Waals surface area (Å²) >= 11 is 0. The van der Waals surface area contributed by atoms with Gasteiger partial charge in [-0.1, -0.05) is 13.8 Å². The molecule has 0 bridgehead atoms. The first-order valence-corrected chi connectivity index (χ1v) is 15.3. The third-order valence-electron chi connectivity index (χ3n) is 7.00. The number of amides is 3. The van der Waals surface area contributed by atoms with Crippen molar-refractivity contribution in [1.82, 2.24) is 20.9 Å². The van der Waals surface area contributed by atoms with Crippen molar-refractivity contribution in [1.29, 1.82) is 0 Å². The van der Waals surface area contributed by atoms with Crippen molar-refractivity contribution in [3.8, 4) is 12.3 Å². The maximum absolute atomic E-state index is 13.1. The molecule has 2 rings (SSSR count). The first-order valence-electron chi connectivity index (χ1n) is 15.3. The van der Waals surface area contributed by atoms with Gasteiger partial charge >= 0.3 is 5.97 Å². The van der Waals surface area contributed by atoms with Gasteiger partial charge in [-0.25, -0.2) is 4.79 Å². The molecule has 258 valence electrons. The molecule has 1 heterocycles.